The summed E-state index contributed by atoms with van der Waals surface area (Å²) < 4.78 is 5.45. The standard InChI is InChI=1S/C29H34N6O5/c1-19(2)28(37)7-6-14-34(4)23-11-9-22(10-12-23)30-33-26-16-21(18-36)25(17-29(26)40-5)32-31-24-13-8-20(3)15-27(24)35(38)39/h8-13,15-17,19,36H,6-7,14,18H2,1-5H3. The van der Waals surface area contributed by atoms with Crippen molar-refractivity contribution in [3.8, 4) is 5.75 Å². The zero-order chi connectivity index (χ0) is 29.2. The van der Waals surface area contributed by atoms with Gasteiger partial charge in [0, 0.05) is 49.3 Å². The maximum absolute atomic E-state index is 11.8. The molecule has 40 heavy (non-hydrogen) atoms. The number of benzene rings is 3. The van der Waals surface area contributed by atoms with Crippen molar-refractivity contribution in [1.82, 2.24) is 0 Å². The summed E-state index contributed by atoms with van der Waals surface area (Å²) in [6, 6.07) is 15.3. The summed E-state index contributed by atoms with van der Waals surface area (Å²) in [5, 5.41) is 38.1. The van der Waals surface area contributed by atoms with Gasteiger partial charge in [-0.2, -0.15) is 5.11 Å². The van der Waals surface area contributed by atoms with Crippen molar-refractivity contribution in [2.24, 2.45) is 26.4 Å². The van der Waals surface area contributed by atoms with Gasteiger partial charge >= 0.3 is 0 Å². The van der Waals surface area contributed by atoms with Crippen LogP contribution in [0.1, 0.15) is 37.8 Å². The highest BCUT2D eigenvalue weighted by molar-refractivity contribution is 5.80. The Labute approximate surface area is 233 Å². The molecule has 0 heterocycles. The number of aryl methyl sites for hydroxylation is 1. The molecule has 1 N–H and O–H groups in total. The topological polar surface area (TPSA) is 142 Å². The van der Waals surface area contributed by atoms with Gasteiger partial charge in [-0.15, -0.1) is 15.3 Å². The Kier molecular flexibility index (Phi) is 10.5. The third-order valence-corrected chi connectivity index (χ3v) is 6.27. The SMILES string of the molecule is COc1cc(N=Nc2ccc(C)cc2[N+](=O)[O-])c(CO)cc1N=Nc1ccc(N(C)CCCC(=O)C(C)C)cc1. The molecular formula is C29H34N6O5. The van der Waals surface area contributed by atoms with E-state index in [-0.39, 0.29) is 35.4 Å². The van der Waals surface area contributed by atoms with Gasteiger partial charge in [-0.1, -0.05) is 19.9 Å². The van der Waals surface area contributed by atoms with Crippen LogP contribution in [0.3, 0.4) is 0 Å². The first-order chi connectivity index (χ1) is 19.1. The summed E-state index contributed by atoms with van der Waals surface area (Å²) >= 11 is 0. The van der Waals surface area contributed by atoms with Crippen molar-refractivity contribution < 1.29 is 19.6 Å². The summed E-state index contributed by atoms with van der Waals surface area (Å²) in [6.45, 7) is 5.99. The van der Waals surface area contributed by atoms with Gasteiger partial charge in [0.1, 0.15) is 17.2 Å². The van der Waals surface area contributed by atoms with E-state index in [1.54, 1.807) is 25.1 Å². The van der Waals surface area contributed by atoms with Gasteiger partial charge < -0.3 is 14.7 Å². The number of ether oxygens (including phenoxy) is 1. The highest BCUT2D eigenvalue weighted by Gasteiger charge is 2.15. The molecule has 0 radical (unpaired) electrons. The predicted molar refractivity (Wildman–Crippen MR) is 154 cm³/mol. The summed E-state index contributed by atoms with van der Waals surface area (Å²) in [7, 11) is 3.45. The minimum atomic E-state index is -0.515. The maximum Gasteiger partial charge on any atom is 0.296 e. The number of methoxy groups -OCH3 is 1. The van der Waals surface area contributed by atoms with Gasteiger partial charge in [-0.3, -0.25) is 14.9 Å². The van der Waals surface area contributed by atoms with Crippen molar-refractivity contribution in [2.75, 3.05) is 25.6 Å². The molecule has 0 unspecified atom stereocenters. The number of aliphatic hydroxyl groups excluding tert-OH is 1. The lowest BCUT2D eigenvalue weighted by atomic mass is 10.0. The Morgan fingerprint density at radius 2 is 1.68 bits per heavy atom. The molecule has 0 aliphatic carbocycles. The average Bonchev–Trinajstić information content (AvgIpc) is 2.95. The quantitative estimate of drug-likeness (QED) is 0.132. The Balaban J connectivity index is 1.76. The summed E-state index contributed by atoms with van der Waals surface area (Å²) in [6.07, 6.45) is 1.36. The van der Waals surface area contributed by atoms with Crippen molar-refractivity contribution >= 4 is 39.9 Å². The Morgan fingerprint density at radius 3 is 2.30 bits per heavy atom. The number of rotatable bonds is 13. The second kappa shape index (κ2) is 14.0. The van der Waals surface area contributed by atoms with E-state index in [2.05, 4.69) is 25.4 Å². The highest BCUT2D eigenvalue weighted by Crippen LogP contribution is 2.38. The molecule has 0 saturated carbocycles. The number of hydrogen-bond acceptors (Lipinski definition) is 10. The lowest BCUT2D eigenvalue weighted by molar-refractivity contribution is -0.384. The molecule has 0 aliphatic rings. The van der Waals surface area contributed by atoms with Crippen LogP contribution in [0.4, 0.5) is 34.1 Å². The van der Waals surface area contributed by atoms with Gasteiger partial charge in [0.2, 0.25) is 0 Å². The van der Waals surface area contributed by atoms with Crippen LogP contribution in [0.5, 0.6) is 5.75 Å². The Bertz CT molecular complexity index is 1400. The van der Waals surface area contributed by atoms with Gasteiger partial charge in [0.05, 0.1) is 30.0 Å². The van der Waals surface area contributed by atoms with Crippen LogP contribution in [0.15, 0.2) is 75.1 Å². The van der Waals surface area contributed by atoms with Gasteiger partial charge in [-0.25, -0.2) is 0 Å². The molecular weight excluding hydrogens is 512 g/mol. The van der Waals surface area contributed by atoms with E-state index in [9.17, 15) is 20.0 Å². The lowest BCUT2D eigenvalue weighted by Crippen LogP contribution is -2.19. The van der Waals surface area contributed by atoms with Crippen LogP contribution < -0.4 is 9.64 Å². The first kappa shape index (κ1) is 30.0. The van der Waals surface area contributed by atoms with E-state index in [0.29, 0.717) is 29.1 Å². The third-order valence-electron chi connectivity index (χ3n) is 6.27. The van der Waals surface area contributed by atoms with E-state index >= 15 is 0 Å². The number of azo groups is 2. The second-order valence-electron chi connectivity index (χ2n) is 9.62. The highest BCUT2D eigenvalue weighted by atomic mass is 16.6. The number of carbonyl (C=O) groups is 1. The molecule has 0 saturated heterocycles. The zero-order valence-corrected chi connectivity index (χ0v) is 23.4. The number of aliphatic hydroxyl groups is 1. The molecule has 0 fully saturated rings. The Morgan fingerprint density at radius 1 is 1.00 bits per heavy atom. The molecule has 11 heteroatoms. The number of Topliss-reactive ketones (excluding diaryl/α,β-unsaturated/α-hetero) is 1. The normalized spacial score (nSPS) is 11.5. The number of nitrogens with zero attached hydrogens (tertiary/aromatic N) is 6. The fourth-order valence-electron chi connectivity index (χ4n) is 3.83. The summed E-state index contributed by atoms with van der Waals surface area (Å²) in [4.78, 5) is 24.8. The number of nitro benzene ring substituents is 1. The third kappa shape index (κ3) is 8.00. The fourth-order valence-corrected chi connectivity index (χ4v) is 3.83. The van der Waals surface area contributed by atoms with Crippen LogP contribution in [0.25, 0.3) is 0 Å². The lowest BCUT2D eigenvalue weighted by Gasteiger charge is -2.19. The first-order valence-electron chi connectivity index (χ1n) is 12.9. The number of ketones is 1. The molecule has 3 rings (SSSR count). The minimum absolute atomic E-state index is 0.0604. The number of hydrogen-bond donors (Lipinski definition) is 1. The number of carbonyl (C=O) groups excluding carboxylic acids is 1. The molecule has 3 aromatic carbocycles. The molecule has 0 amide bonds. The maximum atomic E-state index is 11.8. The van der Waals surface area contributed by atoms with Crippen LogP contribution in [0, 0.1) is 23.0 Å². The summed E-state index contributed by atoms with van der Waals surface area (Å²) in [5.41, 5.74) is 3.36. The largest absolute Gasteiger partial charge is 0.494 e. The van der Waals surface area contributed by atoms with Gasteiger partial charge in [0.25, 0.3) is 5.69 Å². The van der Waals surface area contributed by atoms with Crippen molar-refractivity contribution in [3.63, 3.8) is 0 Å². The molecule has 0 bridgehead atoms. The van der Waals surface area contributed by atoms with Gasteiger partial charge in [0.15, 0.2) is 5.69 Å². The van der Waals surface area contributed by atoms with E-state index in [4.69, 9.17) is 4.74 Å². The molecule has 0 spiro atoms. The van der Waals surface area contributed by atoms with E-state index < -0.39 is 4.92 Å². The predicted octanol–water partition coefficient (Wildman–Crippen LogP) is 7.68. The van der Waals surface area contributed by atoms with Crippen molar-refractivity contribution in [2.45, 2.75) is 40.2 Å². The van der Waals surface area contributed by atoms with Crippen LogP contribution in [-0.4, -0.2) is 36.5 Å². The van der Waals surface area contributed by atoms with E-state index in [1.165, 1.54) is 19.2 Å². The first-order valence-corrected chi connectivity index (χ1v) is 12.9. The van der Waals surface area contributed by atoms with Crippen molar-refractivity contribution in [1.29, 1.82) is 0 Å². The fraction of sp³-hybridized carbons (Fsp3) is 0.345. The molecule has 0 atom stereocenters. The van der Waals surface area contributed by atoms with Crippen molar-refractivity contribution in [3.05, 3.63) is 75.8 Å². The molecule has 11 nitrogen and oxygen atoms in total. The monoisotopic (exact) mass is 546 g/mol. The van der Waals surface area contributed by atoms with Crippen LogP contribution in [0.2, 0.25) is 0 Å². The zero-order valence-electron chi connectivity index (χ0n) is 23.4. The number of nitro groups is 1. The number of anilines is 1. The summed E-state index contributed by atoms with van der Waals surface area (Å²) in [5.74, 6) is 0.682. The minimum Gasteiger partial charge on any atom is -0.494 e. The molecule has 210 valence electrons. The average molecular weight is 547 g/mol. The smallest absolute Gasteiger partial charge is 0.296 e. The van der Waals surface area contributed by atoms with Crippen LogP contribution in [-0.2, 0) is 11.4 Å². The second-order valence-corrected chi connectivity index (χ2v) is 9.62. The van der Waals surface area contributed by atoms with E-state index in [1.807, 2.05) is 45.2 Å². The Hall–Kier alpha value is -4.51. The molecule has 0 aromatic heterocycles. The molecule has 3 aromatic rings. The van der Waals surface area contributed by atoms with Gasteiger partial charge in [-0.05, 0) is 55.3 Å². The molecule has 0 aliphatic heterocycles. The van der Waals surface area contributed by atoms with Crippen LogP contribution >= 0.6 is 0 Å². The van der Waals surface area contributed by atoms with E-state index in [0.717, 1.165) is 24.2 Å².